The predicted octanol–water partition coefficient (Wildman–Crippen LogP) is -0.192. The monoisotopic (exact) mass is 124 g/mol. The van der Waals surface area contributed by atoms with Gasteiger partial charge in [0.05, 0.1) is 0 Å². The third-order valence-corrected chi connectivity index (χ3v) is 0.482. The second-order valence-electron chi connectivity index (χ2n) is 0.921. The molecular weight excluding hydrogens is 115 g/mol. The van der Waals surface area contributed by atoms with E-state index in [9.17, 15) is 4.79 Å². The Kier molecular flexibility index (Phi) is 8.06. The lowest BCUT2D eigenvalue weighted by atomic mass is 10.5. The third-order valence-electron chi connectivity index (χ3n) is 0.482. The van der Waals surface area contributed by atoms with Crippen LogP contribution in [0.15, 0.2) is 0 Å². The van der Waals surface area contributed by atoms with Crippen LogP contribution in [0.2, 0.25) is 0 Å². The van der Waals surface area contributed by atoms with Crippen LogP contribution in [-0.4, -0.2) is 5.91 Å². The second kappa shape index (κ2) is 5.72. The molecule has 7 heavy (non-hydrogen) atoms. The molecule has 0 bridgehead atoms. The molecule has 0 aromatic rings. The van der Waals surface area contributed by atoms with Gasteiger partial charge in [-0.15, -0.1) is 12.4 Å². The van der Waals surface area contributed by atoms with Crippen molar-refractivity contribution in [1.29, 1.82) is 0 Å². The topological polar surface area (TPSA) is 55.1 Å². The molecule has 44 valence electrons. The molecule has 0 fully saturated rings. The summed E-state index contributed by atoms with van der Waals surface area (Å²) in [6.07, 6.45) is 0.455. The molecule has 0 saturated heterocycles. The van der Waals surface area contributed by atoms with Gasteiger partial charge in [-0.05, 0) is 0 Å². The number of nitrogens with two attached hydrogens (primary N) is 1. The van der Waals surface area contributed by atoms with E-state index in [1.807, 2.05) is 5.43 Å². The number of carbonyl (C=O) groups is 1. The van der Waals surface area contributed by atoms with Crippen LogP contribution >= 0.6 is 12.4 Å². The van der Waals surface area contributed by atoms with E-state index in [1.54, 1.807) is 6.92 Å². The summed E-state index contributed by atoms with van der Waals surface area (Å²) in [7, 11) is 0. The van der Waals surface area contributed by atoms with Crippen LogP contribution in [0, 0.1) is 0 Å². The van der Waals surface area contributed by atoms with E-state index in [2.05, 4.69) is 5.84 Å². The highest BCUT2D eigenvalue weighted by Gasteiger charge is 1.85. The van der Waals surface area contributed by atoms with Gasteiger partial charge < -0.3 is 0 Å². The molecule has 0 aliphatic heterocycles. The SMILES string of the molecule is CCC(=O)NN.Cl. The Bertz CT molecular complexity index is 50.9. The van der Waals surface area contributed by atoms with Gasteiger partial charge in [-0.1, -0.05) is 6.92 Å². The minimum Gasteiger partial charge on any atom is -0.294 e. The predicted molar refractivity (Wildman–Crippen MR) is 29.9 cm³/mol. The first-order valence-electron chi connectivity index (χ1n) is 1.80. The van der Waals surface area contributed by atoms with E-state index in [0.29, 0.717) is 6.42 Å². The summed E-state index contributed by atoms with van der Waals surface area (Å²) in [4.78, 5) is 9.94. The lowest BCUT2D eigenvalue weighted by Gasteiger charge is -1.87. The standard InChI is InChI=1S/C3H8N2O.ClH/c1-2-3(6)5-4;/h2,4H2,1H3,(H,5,6);1H. The van der Waals surface area contributed by atoms with Crippen molar-refractivity contribution >= 4 is 18.3 Å². The van der Waals surface area contributed by atoms with Gasteiger partial charge in [0.25, 0.3) is 0 Å². The quantitative estimate of drug-likeness (QED) is 0.289. The molecule has 0 spiro atoms. The van der Waals surface area contributed by atoms with Crippen LogP contribution in [0.3, 0.4) is 0 Å². The normalized spacial score (nSPS) is 6.57. The van der Waals surface area contributed by atoms with Gasteiger partial charge in [0.15, 0.2) is 0 Å². The maximum atomic E-state index is 9.94. The number of nitrogens with one attached hydrogen (secondary N) is 1. The number of hydrogen-bond acceptors (Lipinski definition) is 2. The molecule has 0 atom stereocenters. The fraction of sp³-hybridized carbons (Fsp3) is 0.667. The van der Waals surface area contributed by atoms with Gasteiger partial charge in [0, 0.05) is 6.42 Å². The maximum Gasteiger partial charge on any atom is 0.233 e. The van der Waals surface area contributed by atoms with Crippen molar-refractivity contribution in [2.45, 2.75) is 13.3 Å². The van der Waals surface area contributed by atoms with E-state index in [4.69, 9.17) is 0 Å². The number of amides is 1. The van der Waals surface area contributed by atoms with Crippen LogP contribution in [0.5, 0.6) is 0 Å². The van der Waals surface area contributed by atoms with Crippen LogP contribution in [0.25, 0.3) is 0 Å². The molecule has 3 nitrogen and oxygen atoms in total. The van der Waals surface area contributed by atoms with Crippen molar-refractivity contribution in [2.24, 2.45) is 5.84 Å². The van der Waals surface area contributed by atoms with Crippen molar-refractivity contribution in [3.8, 4) is 0 Å². The zero-order valence-corrected chi connectivity index (χ0v) is 4.92. The number of hydrogen-bond donors (Lipinski definition) is 2. The molecule has 4 heteroatoms. The highest BCUT2D eigenvalue weighted by atomic mass is 35.5. The molecule has 0 saturated carbocycles. The van der Waals surface area contributed by atoms with Crippen molar-refractivity contribution in [3.05, 3.63) is 0 Å². The van der Waals surface area contributed by atoms with E-state index in [1.165, 1.54) is 0 Å². The van der Waals surface area contributed by atoms with Crippen LogP contribution in [-0.2, 0) is 4.79 Å². The van der Waals surface area contributed by atoms with Crippen LogP contribution in [0.4, 0.5) is 0 Å². The van der Waals surface area contributed by atoms with E-state index < -0.39 is 0 Å². The Morgan fingerprint density at radius 1 is 1.86 bits per heavy atom. The Morgan fingerprint density at radius 3 is 2.29 bits per heavy atom. The van der Waals surface area contributed by atoms with Gasteiger partial charge in [0.2, 0.25) is 5.91 Å². The maximum absolute atomic E-state index is 9.94. The molecule has 3 N–H and O–H groups in total. The second-order valence-corrected chi connectivity index (χ2v) is 0.921. The summed E-state index contributed by atoms with van der Waals surface area (Å²) in [5.74, 6) is 4.55. The van der Waals surface area contributed by atoms with Crippen LogP contribution in [0.1, 0.15) is 13.3 Å². The van der Waals surface area contributed by atoms with E-state index >= 15 is 0 Å². The highest BCUT2D eigenvalue weighted by molar-refractivity contribution is 5.85. The Morgan fingerprint density at radius 2 is 2.29 bits per heavy atom. The smallest absolute Gasteiger partial charge is 0.233 e. The molecule has 0 radical (unpaired) electrons. The minimum atomic E-state index is -0.130. The molecule has 0 unspecified atom stereocenters. The Labute approximate surface area is 48.6 Å². The van der Waals surface area contributed by atoms with Gasteiger partial charge in [-0.25, -0.2) is 5.84 Å². The molecular formula is C3H9ClN2O. The van der Waals surface area contributed by atoms with E-state index in [-0.39, 0.29) is 18.3 Å². The summed E-state index contributed by atoms with van der Waals surface area (Å²) < 4.78 is 0. The Hall–Kier alpha value is -0.280. The van der Waals surface area contributed by atoms with Crippen molar-refractivity contribution in [2.75, 3.05) is 0 Å². The Balaban J connectivity index is 0. The number of rotatable bonds is 1. The lowest BCUT2D eigenvalue weighted by molar-refractivity contribution is -0.120. The van der Waals surface area contributed by atoms with Crippen molar-refractivity contribution in [1.82, 2.24) is 5.43 Å². The first-order chi connectivity index (χ1) is 2.81. The van der Waals surface area contributed by atoms with E-state index in [0.717, 1.165) is 0 Å². The van der Waals surface area contributed by atoms with Gasteiger partial charge in [-0.2, -0.15) is 0 Å². The van der Waals surface area contributed by atoms with Crippen LogP contribution < -0.4 is 11.3 Å². The summed E-state index contributed by atoms with van der Waals surface area (Å²) in [5, 5.41) is 0. The highest BCUT2D eigenvalue weighted by Crippen LogP contribution is 1.66. The summed E-state index contributed by atoms with van der Waals surface area (Å²) >= 11 is 0. The average molecular weight is 125 g/mol. The zero-order chi connectivity index (χ0) is 4.99. The van der Waals surface area contributed by atoms with Gasteiger partial charge in [-0.3, -0.25) is 10.2 Å². The minimum absolute atomic E-state index is 0. The third kappa shape index (κ3) is 5.72. The molecule has 0 aliphatic rings. The first-order valence-corrected chi connectivity index (χ1v) is 1.80. The molecule has 0 aliphatic carbocycles. The molecule has 1 amide bonds. The summed E-state index contributed by atoms with van der Waals surface area (Å²) in [6, 6.07) is 0. The molecule has 0 rings (SSSR count). The average Bonchev–Trinajstić information content (AvgIpc) is 1.65. The summed E-state index contributed by atoms with van der Waals surface area (Å²) in [5.41, 5.74) is 1.98. The fourth-order valence-electron chi connectivity index (χ4n) is 0.102. The molecule has 0 heterocycles. The number of hydrazine groups is 1. The zero-order valence-electron chi connectivity index (χ0n) is 4.10. The molecule has 0 aromatic heterocycles. The van der Waals surface area contributed by atoms with Gasteiger partial charge >= 0.3 is 0 Å². The van der Waals surface area contributed by atoms with Gasteiger partial charge in [0.1, 0.15) is 0 Å². The summed E-state index contributed by atoms with van der Waals surface area (Å²) in [6.45, 7) is 1.74. The largest absolute Gasteiger partial charge is 0.294 e. The fourth-order valence-corrected chi connectivity index (χ4v) is 0.102. The first kappa shape index (κ1) is 9.87. The van der Waals surface area contributed by atoms with Crippen molar-refractivity contribution < 1.29 is 4.79 Å². The molecule has 0 aromatic carbocycles. The lowest BCUT2D eigenvalue weighted by Crippen LogP contribution is -2.28. The number of halogens is 1. The number of carbonyl (C=O) groups excluding carboxylic acids is 1. The van der Waals surface area contributed by atoms with Crippen molar-refractivity contribution in [3.63, 3.8) is 0 Å².